The first-order valence-electron chi connectivity index (χ1n) is 8.69. The Bertz CT molecular complexity index is 942. The van der Waals surface area contributed by atoms with Crippen molar-refractivity contribution in [3.8, 4) is 0 Å². The van der Waals surface area contributed by atoms with Gasteiger partial charge in [-0.15, -0.1) is 0 Å². The zero-order valence-electron chi connectivity index (χ0n) is 15.2. The maximum Gasteiger partial charge on any atom is 0.182 e. The number of halogens is 1. The van der Waals surface area contributed by atoms with Gasteiger partial charge in [0.25, 0.3) is 0 Å². The van der Waals surface area contributed by atoms with Gasteiger partial charge in [-0.25, -0.2) is 12.8 Å². The maximum absolute atomic E-state index is 13.4. The van der Waals surface area contributed by atoms with Gasteiger partial charge in [0.05, 0.1) is 27.2 Å². The quantitative estimate of drug-likeness (QED) is 0.713. The highest BCUT2D eigenvalue weighted by molar-refractivity contribution is 7.92. The molecule has 0 aromatic heterocycles. The van der Waals surface area contributed by atoms with Crippen LogP contribution in [0.3, 0.4) is 0 Å². The zero-order chi connectivity index (χ0) is 19.8. The minimum absolute atomic E-state index is 0.103. The number of thiocarbonyl (C=S) groups is 1. The van der Waals surface area contributed by atoms with E-state index in [1.165, 1.54) is 12.1 Å². The van der Waals surface area contributed by atoms with Crippen molar-refractivity contribution in [3.05, 3.63) is 65.5 Å². The molecule has 1 aliphatic rings. The average Bonchev–Trinajstić information content (AvgIpc) is 3.32. The molecule has 27 heavy (non-hydrogen) atoms. The molecule has 0 spiro atoms. The molecule has 2 aromatic rings. The van der Waals surface area contributed by atoms with Crippen LogP contribution >= 0.6 is 12.2 Å². The highest BCUT2D eigenvalue weighted by atomic mass is 32.2. The van der Waals surface area contributed by atoms with Crippen molar-refractivity contribution >= 4 is 27.0 Å². The van der Waals surface area contributed by atoms with E-state index < -0.39 is 26.4 Å². The third kappa shape index (κ3) is 3.39. The van der Waals surface area contributed by atoms with E-state index in [9.17, 15) is 12.8 Å². The summed E-state index contributed by atoms with van der Waals surface area (Å²) in [6.45, 7) is 4.24. The third-order valence-electron chi connectivity index (χ3n) is 5.17. The molecule has 0 heterocycles. The second kappa shape index (κ2) is 7.30. The van der Waals surface area contributed by atoms with Crippen LogP contribution in [-0.4, -0.2) is 31.9 Å². The first-order chi connectivity index (χ1) is 12.7. The second-order valence-corrected chi connectivity index (χ2v) is 9.36. The lowest BCUT2D eigenvalue weighted by Gasteiger charge is -2.17. The van der Waals surface area contributed by atoms with E-state index >= 15 is 0 Å². The maximum atomic E-state index is 13.4. The molecule has 4 nitrogen and oxygen atoms in total. The van der Waals surface area contributed by atoms with Crippen molar-refractivity contribution in [3.63, 3.8) is 0 Å². The monoisotopic (exact) mass is 407 g/mol. The number of nitrogens with two attached hydrogens (primary N) is 1. The first kappa shape index (κ1) is 19.9. The summed E-state index contributed by atoms with van der Waals surface area (Å²) in [5.41, 5.74) is 6.68. The molecule has 2 N–H and O–H groups in total. The lowest BCUT2D eigenvalue weighted by atomic mass is 10.00. The van der Waals surface area contributed by atoms with Gasteiger partial charge >= 0.3 is 0 Å². The highest BCUT2D eigenvalue weighted by Crippen LogP contribution is 2.64. The molecule has 0 unspecified atom stereocenters. The van der Waals surface area contributed by atoms with Crippen LogP contribution in [-0.2, 0) is 14.6 Å². The summed E-state index contributed by atoms with van der Waals surface area (Å²) in [5.74, 6) is -0.864. The summed E-state index contributed by atoms with van der Waals surface area (Å²) in [6, 6.07) is 12.5. The smallest absolute Gasteiger partial charge is 0.182 e. The molecular formula is C20H22FNO3S2. The second-order valence-electron chi connectivity index (χ2n) is 6.85. The Hall–Kier alpha value is -1.83. The van der Waals surface area contributed by atoms with Gasteiger partial charge in [0.1, 0.15) is 5.82 Å². The van der Waals surface area contributed by atoms with Crippen LogP contribution in [0.5, 0.6) is 0 Å². The van der Waals surface area contributed by atoms with Gasteiger partial charge in [-0.3, -0.25) is 0 Å². The Kier molecular flexibility index (Phi) is 5.38. The molecule has 2 aromatic carbocycles. The molecule has 0 saturated heterocycles. The van der Waals surface area contributed by atoms with Crippen LogP contribution in [0.1, 0.15) is 24.0 Å². The fourth-order valence-electron chi connectivity index (χ4n) is 3.69. The summed E-state index contributed by atoms with van der Waals surface area (Å²) in [6.07, 6.45) is 0. The Morgan fingerprint density at radius 3 is 2.30 bits per heavy atom. The molecule has 0 radical (unpaired) electrons. The van der Waals surface area contributed by atoms with Gasteiger partial charge in [-0.2, -0.15) is 0 Å². The van der Waals surface area contributed by atoms with E-state index in [4.69, 9.17) is 22.7 Å². The van der Waals surface area contributed by atoms with Crippen molar-refractivity contribution in [2.75, 3.05) is 13.2 Å². The van der Waals surface area contributed by atoms with E-state index in [0.29, 0.717) is 12.2 Å². The summed E-state index contributed by atoms with van der Waals surface area (Å²) >= 11 is 5.29. The SMILES string of the molecule is CCOC[C@@]1(C(N)=S)[C@H](c2ccc(F)cc2)[C@@H]1S(=O)(=O)c1ccc(C)cc1. The molecule has 1 saturated carbocycles. The lowest BCUT2D eigenvalue weighted by molar-refractivity contribution is 0.121. The van der Waals surface area contributed by atoms with Crippen LogP contribution < -0.4 is 5.73 Å². The fourth-order valence-corrected chi connectivity index (χ4v) is 6.46. The highest BCUT2D eigenvalue weighted by Gasteiger charge is 2.73. The molecule has 0 bridgehead atoms. The minimum Gasteiger partial charge on any atom is -0.393 e. The largest absolute Gasteiger partial charge is 0.393 e. The van der Waals surface area contributed by atoms with Gasteiger partial charge in [-0.1, -0.05) is 42.0 Å². The first-order valence-corrected chi connectivity index (χ1v) is 10.6. The standard InChI is InChI=1S/C20H22FNO3S2/c1-3-25-12-20(19(22)26)17(14-6-8-15(21)9-7-14)18(20)27(23,24)16-10-4-13(2)5-11-16/h4-11,17-18H,3,12H2,1-2H3,(H2,22,26)/t17-,18+,20-/m1/s1. The molecule has 3 atom stereocenters. The van der Waals surface area contributed by atoms with Gasteiger partial charge in [-0.05, 0) is 43.7 Å². The molecule has 0 amide bonds. The van der Waals surface area contributed by atoms with Crippen molar-refractivity contribution < 1.29 is 17.5 Å². The van der Waals surface area contributed by atoms with E-state index in [2.05, 4.69) is 0 Å². The van der Waals surface area contributed by atoms with Crippen LogP contribution in [0.15, 0.2) is 53.4 Å². The number of aryl methyl sites for hydroxylation is 1. The Morgan fingerprint density at radius 2 is 1.78 bits per heavy atom. The van der Waals surface area contributed by atoms with Crippen molar-refractivity contribution in [1.29, 1.82) is 0 Å². The molecular weight excluding hydrogens is 385 g/mol. The van der Waals surface area contributed by atoms with Crippen molar-refractivity contribution in [2.45, 2.75) is 29.9 Å². The fraction of sp³-hybridized carbons (Fsp3) is 0.350. The Morgan fingerprint density at radius 1 is 1.19 bits per heavy atom. The number of sulfone groups is 1. The topological polar surface area (TPSA) is 69.4 Å². The van der Waals surface area contributed by atoms with Gasteiger partial charge in [0.15, 0.2) is 9.84 Å². The van der Waals surface area contributed by atoms with Crippen LogP contribution in [0.4, 0.5) is 4.39 Å². The summed E-state index contributed by atoms with van der Waals surface area (Å²) in [5, 5.41) is -0.845. The normalized spacial score (nSPS) is 24.6. The molecule has 0 aliphatic heterocycles. The van der Waals surface area contributed by atoms with E-state index in [-0.39, 0.29) is 22.3 Å². The van der Waals surface area contributed by atoms with Crippen molar-refractivity contribution in [1.82, 2.24) is 0 Å². The van der Waals surface area contributed by atoms with E-state index in [1.807, 2.05) is 13.8 Å². The average molecular weight is 408 g/mol. The number of hydrogen-bond acceptors (Lipinski definition) is 4. The molecule has 7 heteroatoms. The van der Waals surface area contributed by atoms with Crippen LogP contribution in [0, 0.1) is 18.2 Å². The van der Waals surface area contributed by atoms with Crippen LogP contribution in [0.2, 0.25) is 0 Å². The van der Waals surface area contributed by atoms with Crippen LogP contribution in [0.25, 0.3) is 0 Å². The molecule has 1 aliphatic carbocycles. The third-order valence-corrected chi connectivity index (χ3v) is 7.84. The minimum atomic E-state index is -3.71. The van der Waals surface area contributed by atoms with Gasteiger partial charge < -0.3 is 10.5 Å². The van der Waals surface area contributed by atoms with E-state index in [1.54, 1.807) is 36.4 Å². The summed E-state index contributed by atoms with van der Waals surface area (Å²) in [7, 11) is -3.71. The Labute approximate surface area is 164 Å². The number of benzene rings is 2. The summed E-state index contributed by atoms with van der Waals surface area (Å²) < 4.78 is 45.7. The zero-order valence-corrected chi connectivity index (χ0v) is 16.8. The van der Waals surface area contributed by atoms with Gasteiger partial charge in [0, 0.05) is 12.5 Å². The number of rotatable bonds is 7. The Balaban J connectivity index is 2.10. The predicted molar refractivity (Wildman–Crippen MR) is 107 cm³/mol. The van der Waals surface area contributed by atoms with Gasteiger partial charge in [0.2, 0.25) is 0 Å². The van der Waals surface area contributed by atoms with E-state index in [0.717, 1.165) is 5.56 Å². The predicted octanol–water partition coefficient (Wildman–Crippen LogP) is 3.38. The number of hydrogen-bond donors (Lipinski definition) is 1. The number of ether oxygens (including phenoxy) is 1. The van der Waals surface area contributed by atoms with Crippen molar-refractivity contribution in [2.24, 2.45) is 11.1 Å². The summed E-state index contributed by atoms with van der Waals surface area (Å²) in [4.78, 5) is 0.325. The lowest BCUT2D eigenvalue weighted by Crippen LogP contribution is -2.33. The molecule has 1 fully saturated rings. The molecule has 144 valence electrons. The molecule has 3 rings (SSSR count).